The van der Waals surface area contributed by atoms with Gasteiger partial charge in [-0.05, 0) is 39.0 Å². The summed E-state index contributed by atoms with van der Waals surface area (Å²) >= 11 is 0. The molecule has 0 aliphatic heterocycles. The molecule has 0 bridgehead atoms. The van der Waals surface area contributed by atoms with Crippen LogP contribution >= 0.6 is 0 Å². The summed E-state index contributed by atoms with van der Waals surface area (Å²) in [6, 6.07) is 0.290. The fraction of sp³-hybridized carbons (Fsp3) is 0.727. The lowest BCUT2D eigenvalue weighted by Gasteiger charge is -2.22. The number of carboxylic acids is 1. The minimum absolute atomic E-state index is 0.241. The van der Waals surface area contributed by atoms with Crippen LogP contribution in [-0.2, 0) is 4.79 Å². The van der Waals surface area contributed by atoms with Gasteiger partial charge in [-0.25, -0.2) is 0 Å². The number of carboxylic acid groups (broad SMARTS) is 1. The molecule has 0 heterocycles. The molecule has 0 spiro atoms. The molecule has 0 aromatic rings. The average Bonchev–Trinajstić information content (AvgIpc) is 2.14. The molecular weight excluding hydrogens is 178 g/mol. The molecule has 0 aromatic carbocycles. The first-order chi connectivity index (χ1) is 6.59. The van der Waals surface area contributed by atoms with Gasteiger partial charge < -0.3 is 10.8 Å². The zero-order valence-corrected chi connectivity index (χ0v) is 8.75. The summed E-state index contributed by atoms with van der Waals surface area (Å²) < 4.78 is 0. The molecule has 1 aliphatic carbocycles. The van der Waals surface area contributed by atoms with Gasteiger partial charge in [-0.1, -0.05) is 11.1 Å². The van der Waals surface area contributed by atoms with Gasteiger partial charge >= 0.3 is 5.97 Å². The molecule has 1 unspecified atom stereocenters. The zero-order chi connectivity index (χ0) is 10.6. The molecule has 0 radical (unpaired) electrons. The fourth-order valence-electron chi connectivity index (χ4n) is 1.96. The maximum atomic E-state index is 10.4. The van der Waals surface area contributed by atoms with E-state index in [2.05, 4.69) is 0 Å². The third kappa shape index (κ3) is 3.50. The molecular formula is C11H19NO2. The van der Waals surface area contributed by atoms with Crippen molar-refractivity contribution in [2.45, 2.75) is 51.5 Å². The van der Waals surface area contributed by atoms with Crippen molar-refractivity contribution in [1.82, 2.24) is 0 Å². The van der Waals surface area contributed by atoms with Gasteiger partial charge in [-0.15, -0.1) is 0 Å². The SMILES string of the molecule is C/C(CCC(=O)O)=C1/CCCC(N)C1. The van der Waals surface area contributed by atoms with E-state index in [0.29, 0.717) is 12.5 Å². The molecule has 0 aromatic heterocycles. The van der Waals surface area contributed by atoms with Crippen LogP contribution in [0.5, 0.6) is 0 Å². The van der Waals surface area contributed by atoms with Crippen molar-refractivity contribution < 1.29 is 9.90 Å². The van der Waals surface area contributed by atoms with E-state index < -0.39 is 5.97 Å². The molecule has 1 saturated carbocycles. The van der Waals surface area contributed by atoms with Crippen LogP contribution in [0.3, 0.4) is 0 Å². The van der Waals surface area contributed by atoms with Crippen molar-refractivity contribution in [3.05, 3.63) is 11.1 Å². The Morgan fingerprint density at radius 2 is 2.29 bits per heavy atom. The summed E-state index contributed by atoms with van der Waals surface area (Å²) in [6.45, 7) is 2.04. The standard InChI is InChI=1S/C11H19NO2/c1-8(5-6-11(13)14)9-3-2-4-10(12)7-9/h10H,2-7,12H2,1H3,(H,13,14)/b9-8+. The van der Waals surface area contributed by atoms with E-state index in [1.165, 1.54) is 11.1 Å². The van der Waals surface area contributed by atoms with E-state index >= 15 is 0 Å². The Kier molecular flexibility index (Phi) is 4.14. The van der Waals surface area contributed by atoms with Crippen molar-refractivity contribution in [3.63, 3.8) is 0 Å². The van der Waals surface area contributed by atoms with Crippen LogP contribution in [0.2, 0.25) is 0 Å². The molecule has 3 N–H and O–H groups in total. The van der Waals surface area contributed by atoms with Crippen LogP contribution in [0.25, 0.3) is 0 Å². The van der Waals surface area contributed by atoms with Crippen molar-refractivity contribution in [3.8, 4) is 0 Å². The Bertz CT molecular complexity index is 246. The first-order valence-corrected chi connectivity index (χ1v) is 5.24. The number of aliphatic carboxylic acids is 1. The van der Waals surface area contributed by atoms with Gasteiger partial charge in [0, 0.05) is 12.5 Å². The lowest BCUT2D eigenvalue weighted by molar-refractivity contribution is -0.136. The molecule has 1 atom stereocenters. The van der Waals surface area contributed by atoms with Crippen LogP contribution < -0.4 is 5.73 Å². The molecule has 3 nitrogen and oxygen atoms in total. The number of carbonyl (C=O) groups is 1. The third-order valence-corrected chi connectivity index (χ3v) is 2.88. The molecule has 0 amide bonds. The number of nitrogens with two attached hydrogens (primary N) is 1. The van der Waals surface area contributed by atoms with E-state index in [-0.39, 0.29) is 6.42 Å². The summed E-state index contributed by atoms with van der Waals surface area (Å²) in [5.74, 6) is -0.718. The largest absolute Gasteiger partial charge is 0.481 e. The lowest BCUT2D eigenvalue weighted by atomic mass is 9.87. The minimum atomic E-state index is -0.718. The molecule has 0 saturated heterocycles. The van der Waals surface area contributed by atoms with E-state index in [1.807, 2.05) is 6.92 Å². The summed E-state index contributed by atoms with van der Waals surface area (Å²) in [6.07, 6.45) is 5.25. The quantitative estimate of drug-likeness (QED) is 0.681. The molecule has 1 fully saturated rings. The summed E-state index contributed by atoms with van der Waals surface area (Å²) in [5, 5.41) is 8.57. The highest BCUT2D eigenvalue weighted by atomic mass is 16.4. The monoisotopic (exact) mass is 197 g/mol. The van der Waals surface area contributed by atoms with Crippen molar-refractivity contribution >= 4 is 5.97 Å². The predicted octanol–water partition coefficient (Wildman–Crippen LogP) is 2.07. The van der Waals surface area contributed by atoms with E-state index in [4.69, 9.17) is 10.8 Å². The Balaban J connectivity index is 2.49. The smallest absolute Gasteiger partial charge is 0.303 e. The molecule has 3 heteroatoms. The minimum Gasteiger partial charge on any atom is -0.481 e. The van der Waals surface area contributed by atoms with Gasteiger partial charge in [0.1, 0.15) is 0 Å². The second kappa shape index (κ2) is 5.15. The Labute approximate surface area is 85.0 Å². The first kappa shape index (κ1) is 11.2. The summed E-state index contributed by atoms with van der Waals surface area (Å²) in [4.78, 5) is 10.4. The van der Waals surface area contributed by atoms with Gasteiger partial charge in [-0.3, -0.25) is 4.79 Å². The molecule has 14 heavy (non-hydrogen) atoms. The highest BCUT2D eigenvalue weighted by Gasteiger charge is 2.15. The van der Waals surface area contributed by atoms with E-state index in [1.54, 1.807) is 0 Å². The van der Waals surface area contributed by atoms with Gasteiger partial charge in [0.05, 0.1) is 0 Å². The number of hydrogen-bond acceptors (Lipinski definition) is 2. The van der Waals surface area contributed by atoms with Crippen LogP contribution in [0.4, 0.5) is 0 Å². The van der Waals surface area contributed by atoms with Gasteiger partial charge in [0.2, 0.25) is 0 Å². The Morgan fingerprint density at radius 1 is 1.57 bits per heavy atom. The Hall–Kier alpha value is -0.830. The maximum absolute atomic E-state index is 10.4. The first-order valence-electron chi connectivity index (χ1n) is 5.24. The van der Waals surface area contributed by atoms with Gasteiger partial charge in [0.25, 0.3) is 0 Å². The number of hydrogen-bond donors (Lipinski definition) is 2. The second-order valence-electron chi connectivity index (χ2n) is 4.13. The predicted molar refractivity (Wildman–Crippen MR) is 56.0 cm³/mol. The summed E-state index contributed by atoms with van der Waals surface area (Å²) in [5.41, 5.74) is 8.50. The average molecular weight is 197 g/mol. The normalized spacial score (nSPS) is 26.0. The molecule has 80 valence electrons. The highest BCUT2D eigenvalue weighted by molar-refractivity contribution is 5.67. The van der Waals surface area contributed by atoms with Gasteiger partial charge in [-0.2, -0.15) is 0 Å². The molecule has 1 rings (SSSR count). The highest BCUT2D eigenvalue weighted by Crippen LogP contribution is 2.26. The number of allylic oxidation sites excluding steroid dienone is 1. The maximum Gasteiger partial charge on any atom is 0.303 e. The summed E-state index contributed by atoms with van der Waals surface area (Å²) in [7, 11) is 0. The Morgan fingerprint density at radius 3 is 2.86 bits per heavy atom. The second-order valence-corrected chi connectivity index (χ2v) is 4.13. The fourth-order valence-corrected chi connectivity index (χ4v) is 1.96. The van der Waals surface area contributed by atoms with Crippen molar-refractivity contribution in [2.75, 3.05) is 0 Å². The van der Waals surface area contributed by atoms with Crippen LogP contribution in [0.15, 0.2) is 11.1 Å². The van der Waals surface area contributed by atoms with Crippen LogP contribution in [0.1, 0.15) is 45.4 Å². The topological polar surface area (TPSA) is 63.3 Å². The van der Waals surface area contributed by atoms with Crippen molar-refractivity contribution in [1.29, 1.82) is 0 Å². The zero-order valence-electron chi connectivity index (χ0n) is 8.75. The van der Waals surface area contributed by atoms with Crippen LogP contribution in [-0.4, -0.2) is 17.1 Å². The lowest BCUT2D eigenvalue weighted by Crippen LogP contribution is -2.24. The van der Waals surface area contributed by atoms with E-state index in [0.717, 1.165) is 25.7 Å². The molecule has 1 aliphatic rings. The third-order valence-electron chi connectivity index (χ3n) is 2.88. The number of rotatable bonds is 3. The van der Waals surface area contributed by atoms with E-state index in [9.17, 15) is 4.79 Å². The van der Waals surface area contributed by atoms with Crippen LogP contribution in [0, 0.1) is 0 Å². The van der Waals surface area contributed by atoms with Crippen molar-refractivity contribution in [2.24, 2.45) is 5.73 Å². The van der Waals surface area contributed by atoms with Gasteiger partial charge in [0.15, 0.2) is 0 Å².